The molecule has 4 heteroatoms. The van der Waals surface area contributed by atoms with Gasteiger partial charge in [0.2, 0.25) is 0 Å². The van der Waals surface area contributed by atoms with Crippen molar-refractivity contribution in [3.63, 3.8) is 0 Å². The van der Waals surface area contributed by atoms with Crippen molar-refractivity contribution in [1.82, 2.24) is 9.13 Å². The first-order valence-electron chi connectivity index (χ1n) is 15.6. The molecule has 0 atom stereocenters. The molecule has 0 unspecified atom stereocenters. The van der Waals surface area contributed by atoms with Crippen LogP contribution in [0, 0.1) is 0 Å². The molecule has 0 spiro atoms. The van der Waals surface area contributed by atoms with E-state index in [9.17, 15) is 0 Å². The minimum absolute atomic E-state index is 0.882. The van der Waals surface area contributed by atoms with Gasteiger partial charge in [0.05, 0.1) is 27.5 Å². The zero-order chi connectivity index (χ0) is 29.9. The number of para-hydroxylation sites is 4. The second kappa shape index (κ2) is 8.68. The lowest BCUT2D eigenvalue weighted by Gasteiger charge is -2.08. The number of furan rings is 2. The Morgan fingerprint density at radius 2 is 0.870 bits per heavy atom. The Labute approximate surface area is 261 Å². The van der Waals surface area contributed by atoms with Crippen LogP contribution >= 0.6 is 0 Å². The normalized spacial score (nSPS) is 12.3. The number of fused-ring (bicyclic) bond motifs is 13. The fraction of sp³-hybridized carbons (Fsp3) is 0. The number of rotatable bonds is 2. The molecule has 4 aromatic heterocycles. The maximum Gasteiger partial charge on any atom is 0.145 e. The van der Waals surface area contributed by atoms with E-state index < -0.39 is 0 Å². The Balaban J connectivity index is 1.18. The lowest BCUT2D eigenvalue weighted by Crippen LogP contribution is -1.93. The van der Waals surface area contributed by atoms with Gasteiger partial charge in [-0.2, -0.15) is 0 Å². The van der Waals surface area contributed by atoms with E-state index >= 15 is 0 Å². The predicted octanol–water partition coefficient (Wildman–Crippen LogP) is 11.7. The predicted molar refractivity (Wildman–Crippen MR) is 190 cm³/mol. The van der Waals surface area contributed by atoms with Crippen molar-refractivity contribution < 1.29 is 8.83 Å². The van der Waals surface area contributed by atoms with E-state index in [4.69, 9.17) is 8.83 Å². The highest BCUT2D eigenvalue weighted by Crippen LogP contribution is 2.42. The molecule has 0 N–H and O–H groups in total. The van der Waals surface area contributed by atoms with Gasteiger partial charge in [-0.05, 0) is 66.7 Å². The van der Waals surface area contributed by atoms with Crippen molar-refractivity contribution in [2.75, 3.05) is 0 Å². The van der Waals surface area contributed by atoms with Crippen LogP contribution in [0.1, 0.15) is 0 Å². The maximum absolute atomic E-state index is 6.74. The monoisotopic (exact) mass is 588 g/mol. The SMILES string of the molecule is c1ccc2c(c1)oc1cc(-n3c4ccccc4c4c5oc6ccc(-n7c8ccccc8c8ccccc87)cc6c5ccc43)ccc12. The van der Waals surface area contributed by atoms with Crippen LogP contribution in [0.3, 0.4) is 0 Å². The molecule has 0 aliphatic heterocycles. The lowest BCUT2D eigenvalue weighted by molar-refractivity contribution is 0.668. The Hall–Kier alpha value is -6.26. The van der Waals surface area contributed by atoms with Gasteiger partial charge < -0.3 is 18.0 Å². The summed E-state index contributed by atoms with van der Waals surface area (Å²) in [6.07, 6.45) is 0. The van der Waals surface area contributed by atoms with Crippen LogP contribution in [0.25, 0.3) is 98.9 Å². The van der Waals surface area contributed by atoms with E-state index in [2.05, 4.69) is 143 Å². The molecule has 0 saturated heterocycles. The largest absolute Gasteiger partial charge is 0.456 e. The van der Waals surface area contributed by atoms with Gasteiger partial charge in [-0.15, -0.1) is 0 Å². The molecule has 0 saturated carbocycles. The van der Waals surface area contributed by atoms with E-state index in [0.29, 0.717) is 0 Å². The summed E-state index contributed by atoms with van der Waals surface area (Å²) in [5.41, 5.74) is 10.4. The van der Waals surface area contributed by atoms with Crippen LogP contribution in [0.2, 0.25) is 0 Å². The number of aromatic nitrogens is 2. The van der Waals surface area contributed by atoms with E-state index in [1.165, 1.54) is 21.8 Å². The van der Waals surface area contributed by atoms with Crippen LogP contribution in [0.15, 0.2) is 154 Å². The summed E-state index contributed by atoms with van der Waals surface area (Å²) in [5, 5.41) is 9.27. The standard InChI is InChI=1S/C42H24N2O2/c1-5-13-34-27(9-1)28-10-2-6-14-35(28)43(34)25-18-22-39-33(23-25)31-20-21-37-41(42(31)46-39)32-12-3-7-15-36(32)44(37)26-17-19-30-29-11-4-8-16-38(29)45-40(30)24-26/h1-24H. The molecule has 11 aromatic rings. The average molecular weight is 589 g/mol. The van der Waals surface area contributed by atoms with Gasteiger partial charge in [0.25, 0.3) is 0 Å². The summed E-state index contributed by atoms with van der Waals surface area (Å²) in [4.78, 5) is 0. The van der Waals surface area contributed by atoms with Gasteiger partial charge in [0.1, 0.15) is 22.3 Å². The van der Waals surface area contributed by atoms with Crippen molar-refractivity contribution in [2.45, 2.75) is 0 Å². The van der Waals surface area contributed by atoms with Crippen molar-refractivity contribution >= 4 is 87.5 Å². The molecule has 0 bridgehead atoms. The molecule has 0 amide bonds. The molecule has 4 heterocycles. The molecule has 0 aliphatic rings. The Morgan fingerprint density at radius 3 is 1.65 bits per heavy atom. The summed E-state index contributed by atoms with van der Waals surface area (Å²) in [5.74, 6) is 0. The van der Waals surface area contributed by atoms with Crippen LogP contribution in [0.4, 0.5) is 0 Å². The van der Waals surface area contributed by atoms with E-state index in [-0.39, 0.29) is 0 Å². The van der Waals surface area contributed by atoms with Gasteiger partial charge in [-0.25, -0.2) is 0 Å². The van der Waals surface area contributed by atoms with Crippen molar-refractivity contribution in [1.29, 1.82) is 0 Å². The number of hydrogen-bond acceptors (Lipinski definition) is 2. The van der Waals surface area contributed by atoms with Crippen molar-refractivity contribution in [2.24, 2.45) is 0 Å². The third kappa shape index (κ3) is 3.07. The maximum atomic E-state index is 6.74. The van der Waals surface area contributed by atoms with E-state index in [0.717, 1.165) is 77.1 Å². The molecule has 4 nitrogen and oxygen atoms in total. The van der Waals surface area contributed by atoms with Crippen LogP contribution < -0.4 is 0 Å². The summed E-state index contributed by atoms with van der Waals surface area (Å²) >= 11 is 0. The summed E-state index contributed by atoms with van der Waals surface area (Å²) in [6, 6.07) is 51.6. The second-order valence-corrected chi connectivity index (χ2v) is 12.1. The van der Waals surface area contributed by atoms with Gasteiger partial charge in [0.15, 0.2) is 0 Å². The zero-order valence-electron chi connectivity index (χ0n) is 24.6. The fourth-order valence-corrected chi connectivity index (χ4v) is 7.75. The summed E-state index contributed by atoms with van der Waals surface area (Å²) < 4.78 is 17.7. The smallest absolute Gasteiger partial charge is 0.145 e. The first-order chi connectivity index (χ1) is 22.8. The Kier molecular flexibility index (Phi) is 4.55. The van der Waals surface area contributed by atoms with Gasteiger partial charge in [0, 0.05) is 55.1 Å². The van der Waals surface area contributed by atoms with E-state index in [1.54, 1.807) is 0 Å². The molecule has 11 rings (SSSR count). The third-order valence-corrected chi connectivity index (χ3v) is 9.72. The molecule has 0 aliphatic carbocycles. The highest BCUT2D eigenvalue weighted by molar-refractivity contribution is 6.24. The number of benzene rings is 7. The Morgan fingerprint density at radius 1 is 0.326 bits per heavy atom. The molecule has 7 aromatic carbocycles. The van der Waals surface area contributed by atoms with Gasteiger partial charge in [-0.1, -0.05) is 72.8 Å². The van der Waals surface area contributed by atoms with Crippen molar-refractivity contribution in [3.05, 3.63) is 146 Å². The number of nitrogens with zero attached hydrogens (tertiary/aromatic N) is 2. The van der Waals surface area contributed by atoms with Gasteiger partial charge in [-0.3, -0.25) is 0 Å². The van der Waals surface area contributed by atoms with Crippen LogP contribution in [-0.2, 0) is 0 Å². The summed E-state index contributed by atoms with van der Waals surface area (Å²) in [6.45, 7) is 0. The van der Waals surface area contributed by atoms with Gasteiger partial charge >= 0.3 is 0 Å². The highest BCUT2D eigenvalue weighted by Gasteiger charge is 2.20. The zero-order valence-corrected chi connectivity index (χ0v) is 24.6. The van der Waals surface area contributed by atoms with Crippen molar-refractivity contribution in [3.8, 4) is 11.4 Å². The number of hydrogen-bond donors (Lipinski definition) is 0. The fourth-order valence-electron chi connectivity index (χ4n) is 7.75. The summed E-state index contributed by atoms with van der Waals surface area (Å²) in [7, 11) is 0. The quantitative estimate of drug-likeness (QED) is 0.201. The highest BCUT2D eigenvalue weighted by atomic mass is 16.3. The minimum Gasteiger partial charge on any atom is -0.456 e. The minimum atomic E-state index is 0.882. The average Bonchev–Trinajstić information content (AvgIpc) is 3.85. The topological polar surface area (TPSA) is 36.1 Å². The molecular formula is C42H24N2O2. The molecule has 0 radical (unpaired) electrons. The van der Waals surface area contributed by atoms with Crippen LogP contribution in [0.5, 0.6) is 0 Å². The first kappa shape index (κ1) is 24.1. The molecule has 0 fully saturated rings. The lowest BCUT2D eigenvalue weighted by atomic mass is 10.1. The van der Waals surface area contributed by atoms with Crippen LogP contribution in [-0.4, -0.2) is 9.13 Å². The second-order valence-electron chi connectivity index (χ2n) is 12.1. The molecule has 46 heavy (non-hydrogen) atoms. The molecule has 214 valence electrons. The van der Waals surface area contributed by atoms with E-state index in [1.807, 2.05) is 12.1 Å². The third-order valence-electron chi connectivity index (χ3n) is 9.72. The molecular weight excluding hydrogens is 564 g/mol. The Bertz CT molecular complexity index is 2990. The first-order valence-corrected chi connectivity index (χ1v) is 15.6.